The molecule has 2 aromatic rings. The zero-order valence-electron chi connectivity index (χ0n) is 13.9. The van der Waals surface area contributed by atoms with Gasteiger partial charge in [0, 0.05) is 20.2 Å². The molecule has 24 heavy (non-hydrogen) atoms. The number of benzene rings is 1. The molecule has 1 unspecified atom stereocenters. The second kappa shape index (κ2) is 7.44. The van der Waals surface area contributed by atoms with E-state index in [1.54, 1.807) is 7.05 Å². The van der Waals surface area contributed by atoms with Crippen LogP contribution < -0.4 is 5.32 Å². The number of nitrogens with zero attached hydrogens (tertiary/aromatic N) is 4. The Morgan fingerprint density at radius 2 is 2.29 bits per heavy atom. The van der Waals surface area contributed by atoms with Gasteiger partial charge in [-0.25, -0.2) is 9.48 Å². The average molecular weight is 329 g/mol. The van der Waals surface area contributed by atoms with Crippen molar-refractivity contribution in [3.8, 4) is 0 Å². The van der Waals surface area contributed by atoms with Crippen molar-refractivity contribution >= 4 is 12.0 Å². The maximum absolute atomic E-state index is 12.8. The predicted octanol–water partition coefficient (Wildman–Crippen LogP) is 2.11. The summed E-state index contributed by atoms with van der Waals surface area (Å²) < 4.78 is 1.52. The number of fused-ring (bicyclic) bond motifs is 1. The third-order valence-electron chi connectivity index (χ3n) is 4.46. The number of rotatable bonds is 5. The van der Waals surface area contributed by atoms with Crippen LogP contribution >= 0.6 is 0 Å². The van der Waals surface area contributed by atoms with Crippen LogP contribution in [0.4, 0.5) is 10.7 Å². The highest BCUT2D eigenvalue weighted by atomic mass is 16.3. The Bertz CT molecular complexity index is 700. The molecule has 3 rings (SSSR count). The van der Waals surface area contributed by atoms with Crippen molar-refractivity contribution in [2.24, 2.45) is 7.05 Å². The van der Waals surface area contributed by atoms with Gasteiger partial charge in [-0.2, -0.15) is 10.1 Å². The minimum Gasteiger partial charge on any atom is -0.396 e. The van der Waals surface area contributed by atoms with E-state index in [0.29, 0.717) is 18.9 Å². The summed E-state index contributed by atoms with van der Waals surface area (Å²) in [6.07, 6.45) is 4.98. The van der Waals surface area contributed by atoms with E-state index in [9.17, 15) is 9.90 Å². The van der Waals surface area contributed by atoms with Crippen molar-refractivity contribution in [2.45, 2.75) is 31.7 Å². The molecule has 2 N–H and O–H groups in total. The maximum Gasteiger partial charge on any atom is 0.324 e. The van der Waals surface area contributed by atoms with Crippen LogP contribution in [0.5, 0.6) is 0 Å². The third kappa shape index (κ3) is 3.41. The van der Waals surface area contributed by atoms with Gasteiger partial charge in [-0.05, 0) is 36.8 Å². The molecular weight excluding hydrogens is 306 g/mol. The Labute approximate surface area is 141 Å². The highest BCUT2D eigenvalue weighted by Crippen LogP contribution is 2.34. The molecule has 0 spiro atoms. The summed E-state index contributed by atoms with van der Waals surface area (Å²) in [5, 5.41) is 16.0. The Morgan fingerprint density at radius 3 is 3.04 bits per heavy atom. The van der Waals surface area contributed by atoms with Crippen molar-refractivity contribution in [3.63, 3.8) is 0 Å². The number of hydrogen-bond acceptors (Lipinski definition) is 4. The van der Waals surface area contributed by atoms with Gasteiger partial charge in [0.25, 0.3) is 0 Å². The fraction of sp³-hybridized carbons (Fsp3) is 0.471. The molecule has 0 radical (unpaired) electrons. The van der Waals surface area contributed by atoms with Crippen molar-refractivity contribution in [2.75, 3.05) is 18.5 Å². The standard InChI is InChI=1S/C17H23N5O2/c1-21-16(18-12-19-21)20-17(24)22(10-5-11-23)15-9-4-7-13-6-2-3-8-14(13)15/h2-3,6,8,12,15,23H,4-5,7,9-11H2,1H3,(H,18,19,20,24). The molecule has 2 amide bonds. The maximum atomic E-state index is 12.8. The highest BCUT2D eigenvalue weighted by molar-refractivity contribution is 5.87. The summed E-state index contributed by atoms with van der Waals surface area (Å²) in [4.78, 5) is 18.7. The number of aliphatic hydroxyl groups excluding tert-OH is 1. The van der Waals surface area contributed by atoms with Crippen LogP contribution in [0.25, 0.3) is 0 Å². The molecule has 0 aliphatic heterocycles. The van der Waals surface area contributed by atoms with Crippen LogP contribution in [0.15, 0.2) is 30.6 Å². The summed E-state index contributed by atoms with van der Waals surface area (Å²) in [7, 11) is 1.73. The monoisotopic (exact) mass is 329 g/mol. The van der Waals surface area contributed by atoms with E-state index < -0.39 is 0 Å². The van der Waals surface area contributed by atoms with Gasteiger partial charge >= 0.3 is 6.03 Å². The van der Waals surface area contributed by atoms with Crippen molar-refractivity contribution in [1.82, 2.24) is 19.7 Å². The molecule has 7 heteroatoms. The molecule has 7 nitrogen and oxygen atoms in total. The molecule has 128 valence electrons. The number of aliphatic hydroxyl groups is 1. The number of nitrogens with one attached hydrogen (secondary N) is 1. The molecule has 0 fully saturated rings. The normalized spacial score (nSPS) is 16.5. The summed E-state index contributed by atoms with van der Waals surface area (Å²) >= 11 is 0. The van der Waals surface area contributed by atoms with E-state index in [0.717, 1.165) is 19.3 Å². The van der Waals surface area contributed by atoms with E-state index >= 15 is 0 Å². The number of aryl methyl sites for hydroxylation is 2. The molecular formula is C17H23N5O2. The Morgan fingerprint density at radius 1 is 1.46 bits per heavy atom. The average Bonchev–Trinajstić information content (AvgIpc) is 3.00. The van der Waals surface area contributed by atoms with E-state index in [-0.39, 0.29) is 18.7 Å². The van der Waals surface area contributed by atoms with E-state index in [2.05, 4.69) is 27.5 Å². The van der Waals surface area contributed by atoms with Crippen LogP contribution in [-0.4, -0.2) is 44.0 Å². The molecule has 0 bridgehead atoms. The van der Waals surface area contributed by atoms with E-state index in [1.807, 2.05) is 17.0 Å². The minimum absolute atomic E-state index is 0.0229. The first-order valence-electron chi connectivity index (χ1n) is 8.31. The molecule has 1 aliphatic rings. The zero-order valence-corrected chi connectivity index (χ0v) is 13.9. The smallest absolute Gasteiger partial charge is 0.324 e. The largest absolute Gasteiger partial charge is 0.396 e. The molecule has 1 aliphatic carbocycles. The summed E-state index contributed by atoms with van der Waals surface area (Å²) in [6, 6.07) is 8.10. The van der Waals surface area contributed by atoms with Crippen LogP contribution in [0.1, 0.15) is 36.4 Å². The number of carbonyl (C=O) groups is 1. The Hall–Kier alpha value is -2.41. The van der Waals surface area contributed by atoms with Crippen LogP contribution in [0.2, 0.25) is 0 Å². The van der Waals surface area contributed by atoms with Gasteiger partial charge in [0.15, 0.2) is 0 Å². The van der Waals surface area contributed by atoms with Gasteiger partial charge < -0.3 is 10.0 Å². The van der Waals surface area contributed by atoms with Gasteiger partial charge in [-0.3, -0.25) is 5.32 Å². The summed E-state index contributed by atoms with van der Waals surface area (Å²) in [5.41, 5.74) is 2.50. The third-order valence-corrected chi connectivity index (χ3v) is 4.46. The lowest BCUT2D eigenvalue weighted by Gasteiger charge is -2.35. The predicted molar refractivity (Wildman–Crippen MR) is 90.6 cm³/mol. The number of anilines is 1. The second-order valence-electron chi connectivity index (χ2n) is 6.01. The SMILES string of the molecule is Cn1ncnc1NC(=O)N(CCCO)C1CCCc2ccccc21. The van der Waals surface area contributed by atoms with Crippen LogP contribution in [-0.2, 0) is 13.5 Å². The second-order valence-corrected chi connectivity index (χ2v) is 6.01. The fourth-order valence-corrected chi connectivity index (χ4v) is 3.27. The first-order chi connectivity index (χ1) is 11.7. The highest BCUT2D eigenvalue weighted by Gasteiger charge is 2.29. The first-order valence-corrected chi connectivity index (χ1v) is 8.31. The first kappa shape index (κ1) is 16.4. The number of hydrogen-bond donors (Lipinski definition) is 2. The van der Waals surface area contributed by atoms with Crippen molar-refractivity contribution in [3.05, 3.63) is 41.7 Å². The minimum atomic E-state index is -0.207. The molecule has 1 aromatic heterocycles. The van der Waals surface area contributed by atoms with Gasteiger partial charge in [0.2, 0.25) is 5.95 Å². The lowest BCUT2D eigenvalue weighted by molar-refractivity contribution is 0.169. The summed E-state index contributed by atoms with van der Waals surface area (Å²) in [6.45, 7) is 0.557. The number of carbonyl (C=O) groups excluding carboxylic acids is 1. The molecule has 0 saturated carbocycles. The number of urea groups is 1. The summed E-state index contributed by atoms with van der Waals surface area (Å²) in [5.74, 6) is 0.415. The van der Waals surface area contributed by atoms with Gasteiger partial charge in [0.1, 0.15) is 6.33 Å². The molecule has 1 atom stereocenters. The zero-order chi connectivity index (χ0) is 16.9. The number of aromatic nitrogens is 3. The molecule has 1 heterocycles. The lowest BCUT2D eigenvalue weighted by atomic mass is 9.87. The van der Waals surface area contributed by atoms with Crippen LogP contribution in [0.3, 0.4) is 0 Å². The molecule has 1 aromatic carbocycles. The Kier molecular flexibility index (Phi) is 5.10. The van der Waals surface area contributed by atoms with Crippen molar-refractivity contribution in [1.29, 1.82) is 0 Å². The number of amides is 2. The fourth-order valence-electron chi connectivity index (χ4n) is 3.27. The van der Waals surface area contributed by atoms with Gasteiger partial charge in [0.05, 0.1) is 6.04 Å². The van der Waals surface area contributed by atoms with Crippen LogP contribution in [0, 0.1) is 0 Å². The topological polar surface area (TPSA) is 83.3 Å². The van der Waals surface area contributed by atoms with E-state index in [4.69, 9.17) is 0 Å². The van der Waals surface area contributed by atoms with E-state index in [1.165, 1.54) is 22.1 Å². The lowest BCUT2D eigenvalue weighted by Crippen LogP contribution is -2.41. The van der Waals surface area contributed by atoms with Gasteiger partial charge in [-0.1, -0.05) is 24.3 Å². The van der Waals surface area contributed by atoms with Crippen molar-refractivity contribution < 1.29 is 9.90 Å². The van der Waals surface area contributed by atoms with Gasteiger partial charge in [-0.15, -0.1) is 0 Å². The molecule has 0 saturated heterocycles. The quantitative estimate of drug-likeness (QED) is 0.880. The Balaban J connectivity index is 1.84.